The van der Waals surface area contributed by atoms with Crippen LogP contribution >= 0.6 is 11.3 Å². The van der Waals surface area contributed by atoms with Crippen LogP contribution in [0.4, 0.5) is 0 Å². The molecule has 0 aliphatic heterocycles. The Morgan fingerprint density at radius 1 is 1.27 bits per heavy atom. The summed E-state index contributed by atoms with van der Waals surface area (Å²) in [6.07, 6.45) is 0. The van der Waals surface area contributed by atoms with Gasteiger partial charge in [0.15, 0.2) is 0 Å². The summed E-state index contributed by atoms with van der Waals surface area (Å²) in [5, 5.41) is 5.36. The molecule has 2 heterocycles. The fraction of sp³-hybridized carbons (Fsp3) is 0.188. The molecule has 0 spiro atoms. The molecule has 0 radical (unpaired) electrons. The average Bonchev–Trinajstić information content (AvgIpc) is 3.02. The van der Waals surface area contributed by atoms with Crippen LogP contribution in [0.25, 0.3) is 21.8 Å². The molecule has 0 aliphatic rings. The van der Waals surface area contributed by atoms with Gasteiger partial charge >= 0.3 is 0 Å². The number of carbonyl (C=O) groups excluding carboxylic acids is 1. The molecule has 5 nitrogen and oxygen atoms in total. The number of benzene rings is 1. The Hall–Kier alpha value is -2.47. The number of imidazole rings is 1. The Kier molecular flexibility index (Phi) is 3.54. The van der Waals surface area contributed by atoms with E-state index in [0.29, 0.717) is 11.3 Å². The number of amides is 1. The number of hydrogen-bond acceptors (Lipinski definition) is 4. The second kappa shape index (κ2) is 5.38. The van der Waals surface area contributed by atoms with E-state index in [1.54, 1.807) is 18.6 Å². The van der Waals surface area contributed by atoms with E-state index in [2.05, 4.69) is 16.7 Å². The molecule has 0 saturated heterocycles. The zero-order valence-corrected chi connectivity index (χ0v) is 13.5. The van der Waals surface area contributed by atoms with E-state index in [-0.39, 0.29) is 5.91 Å². The topological polar surface area (TPSA) is 50.5 Å². The molecule has 0 fully saturated rings. The second-order valence-corrected chi connectivity index (χ2v) is 6.33. The average molecular weight is 312 g/mol. The summed E-state index contributed by atoms with van der Waals surface area (Å²) in [4.78, 5) is 19.3. The summed E-state index contributed by atoms with van der Waals surface area (Å²) in [5.41, 5.74) is 2.73. The van der Waals surface area contributed by atoms with Crippen LogP contribution < -0.4 is 0 Å². The van der Waals surface area contributed by atoms with Crippen molar-refractivity contribution in [3.63, 3.8) is 0 Å². The van der Waals surface area contributed by atoms with Gasteiger partial charge in [0, 0.05) is 19.7 Å². The summed E-state index contributed by atoms with van der Waals surface area (Å²) >= 11 is 1.49. The maximum absolute atomic E-state index is 12.3. The largest absolute Gasteiger partial charge is 0.345 e. The highest BCUT2D eigenvalue weighted by Gasteiger charge is 2.23. The van der Waals surface area contributed by atoms with Crippen molar-refractivity contribution in [3.05, 3.63) is 47.6 Å². The number of fused-ring (bicyclic) bond motifs is 1. The van der Waals surface area contributed by atoms with Crippen LogP contribution in [-0.4, -0.2) is 39.5 Å². The lowest BCUT2D eigenvalue weighted by atomic mass is 10.1. The van der Waals surface area contributed by atoms with Crippen molar-refractivity contribution >= 4 is 27.8 Å². The fourth-order valence-corrected chi connectivity index (χ4v) is 3.03. The van der Waals surface area contributed by atoms with Gasteiger partial charge in [0.2, 0.25) is 4.96 Å². The minimum atomic E-state index is -0.148. The van der Waals surface area contributed by atoms with Crippen LogP contribution in [0.3, 0.4) is 0 Å². The van der Waals surface area contributed by atoms with Gasteiger partial charge in [-0.05, 0) is 6.92 Å². The molecule has 1 amide bonds. The number of hydrogen-bond donors (Lipinski definition) is 0. The Labute approximate surface area is 132 Å². The molecule has 0 N–H and O–H groups in total. The molecule has 22 heavy (non-hydrogen) atoms. The minimum Gasteiger partial charge on any atom is -0.345 e. The number of nitrogens with zero attached hydrogens (tertiary/aromatic N) is 4. The van der Waals surface area contributed by atoms with Gasteiger partial charge < -0.3 is 4.90 Å². The van der Waals surface area contributed by atoms with Gasteiger partial charge in [-0.2, -0.15) is 5.10 Å². The van der Waals surface area contributed by atoms with E-state index in [9.17, 15) is 4.79 Å². The highest BCUT2D eigenvalue weighted by atomic mass is 32.1. The quantitative estimate of drug-likeness (QED) is 0.699. The molecular weight excluding hydrogens is 296 g/mol. The lowest BCUT2D eigenvalue weighted by Crippen LogP contribution is -2.23. The molecule has 1 aromatic carbocycles. The minimum absolute atomic E-state index is 0.148. The van der Waals surface area contributed by atoms with Gasteiger partial charge in [-0.25, -0.2) is 9.50 Å². The molecule has 0 bridgehead atoms. The van der Waals surface area contributed by atoms with E-state index in [0.717, 1.165) is 21.2 Å². The van der Waals surface area contributed by atoms with Gasteiger partial charge in [-0.1, -0.05) is 48.2 Å². The smallest absolute Gasteiger partial charge is 0.255 e. The molecule has 3 aromatic rings. The predicted molar refractivity (Wildman–Crippen MR) is 88.8 cm³/mol. The van der Waals surface area contributed by atoms with Crippen LogP contribution in [0.5, 0.6) is 0 Å². The first-order valence-electron chi connectivity index (χ1n) is 6.81. The molecule has 112 valence electrons. The number of aryl methyl sites for hydroxylation is 1. The number of carbonyl (C=O) groups is 1. The van der Waals surface area contributed by atoms with E-state index < -0.39 is 0 Å². The molecule has 0 aliphatic carbocycles. The summed E-state index contributed by atoms with van der Waals surface area (Å²) in [6.45, 7) is 5.89. The first-order chi connectivity index (χ1) is 10.5. The number of likely N-dealkylation sites (N-methyl/N-ethyl adjacent to an activating group) is 1. The van der Waals surface area contributed by atoms with Crippen LogP contribution in [-0.2, 0) is 4.79 Å². The molecule has 0 unspecified atom stereocenters. The van der Waals surface area contributed by atoms with Crippen molar-refractivity contribution in [2.45, 2.75) is 6.92 Å². The Morgan fingerprint density at radius 3 is 2.59 bits per heavy atom. The highest BCUT2D eigenvalue weighted by Crippen LogP contribution is 2.31. The third-order valence-electron chi connectivity index (χ3n) is 3.30. The second-order valence-electron chi connectivity index (χ2n) is 5.17. The molecule has 0 atom stereocenters. The normalized spacial score (nSPS) is 10.9. The third kappa shape index (κ3) is 2.31. The number of aromatic nitrogens is 3. The maximum Gasteiger partial charge on any atom is 0.255 e. The van der Waals surface area contributed by atoms with Crippen molar-refractivity contribution in [1.82, 2.24) is 19.5 Å². The molecule has 3 rings (SSSR count). The maximum atomic E-state index is 12.3. The Morgan fingerprint density at radius 2 is 1.95 bits per heavy atom. The van der Waals surface area contributed by atoms with Crippen LogP contribution in [0.2, 0.25) is 0 Å². The highest BCUT2D eigenvalue weighted by molar-refractivity contribution is 7.16. The summed E-state index contributed by atoms with van der Waals surface area (Å²) in [6, 6.07) is 9.78. The third-order valence-corrected chi connectivity index (χ3v) is 4.13. The zero-order valence-electron chi connectivity index (χ0n) is 12.7. The van der Waals surface area contributed by atoms with Gasteiger partial charge in [0.1, 0.15) is 16.4 Å². The van der Waals surface area contributed by atoms with Crippen LogP contribution in [0, 0.1) is 6.92 Å². The van der Waals surface area contributed by atoms with E-state index in [1.165, 1.54) is 16.2 Å². The lowest BCUT2D eigenvalue weighted by Gasteiger charge is -2.12. The van der Waals surface area contributed by atoms with Gasteiger partial charge in [0.25, 0.3) is 5.91 Å². The summed E-state index contributed by atoms with van der Waals surface area (Å²) in [7, 11) is 3.42. The standard InChI is InChI=1S/C16H16N4OS/c1-10(15(21)19(3)4)14-13(12-8-6-5-7-9-12)17-16-20(14)18-11(2)22-16/h5-9H,1H2,2-4H3. The van der Waals surface area contributed by atoms with Crippen LogP contribution in [0.15, 0.2) is 36.9 Å². The van der Waals surface area contributed by atoms with E-state index >= 15 is 0 Å². The lowest BCUT2D eigenvalue weighted by molar-refractivity contribution is -0.122. The Bertz CT molecular complexity index is 861. The fourth-order valence-electron chi connectivity index (χ4n) is 2.28. The van der Waals surface area contributed by atoms with Crippen molar-refractivity contribution in [3.8, 4) is 11.3 Å². The number of rotatable bonds is 3. The summed E-state index contributed by atoms with van der Waals surface area (Å²) in [5.74, 6) is -0.148. The molecule has 6 heteroatoms. The molecule has 0 saturated carbocycles. The van der Waals surface area contributed by atoms with Crippen molar-refractivity contribution in [1.29, 1.82) is 0 Å². The molecular formula is C16H16N4OS. The predicted octanol–water partition coefficient (Wildman–Crippen LogP) is 2.87. The zero-order chi connectivity index (χ0) is 15.9. The SMILES string of the molecule is C=C(C(=O)N(C)C)c1c(-c2ccccc2)nc2sc(C)nn12. The first kappa shape index (κ1) is 14.5. The van der Waals surface area contributed by atoms with Crippen molar-refractivity contribution in [2.75, 3.05) is 14.1 Å². The van der Waals surface area contributed by atoms with Gasteiger partial charge in [-0.3, -0.25) is 4.79 Å². The van der Waals surface area contributed by atoms with E-state index in [4.69, 9.17) is 0 Å². The summed E-state index contributed by atoms with van der Waals surface area (Å²) < 4.78 is 1.71. The van der Waals surface area contributed by atoms with Crippen LogP contribution in [0.1, 0.15) is 10.7 Å². The van der Waals surface area contributed by atoms with Gasteiger partial charge in [0.05, 0.1) is 5.57 Å². The molecule has 2 aromatic heterocycles. The van der Waals surface area contributed by atoms with Gasteiger partial charge in [-0.15, -0.1) is 0 Å². The first-order valence-corrected chi connectivity index (χ1v) is 7.63. The Balaban J connectivity index is 2.25. The monoisotopic (exact) mass is 312 g/mol. The van der Waals surface area contributed by atoms with Crippen molar-refractivity contribution in [2.24, 2.45) is 0 Å². The van der Waals surface area contributed by atoms with E-state index in [1.807, 2.05) is 37.3 Å². The van der Waals surface area contributed by atoms with Crippen molar-refractivity contribution < 1.29 is 4.79 Å².